The first-order chi connectivity index (χ1) is 10.4. The average molecular weight is 306 g/mol. The van der Waals surface area contributed by atoms with Gasteiger partial charge >= 0.3 is 12.0 Å². The summed E-state index contributed by atoms with van der Waals surface area (Å²) in [7, 11) is 0. The number of hydrogen-bond donors (Lipinski definition) is 2. The standard InChI is InChI=1S/C16H19FN2O3/c1-16(14(20)21)7-8-19(9-16)15(22)18-13-6-5-10-11(13)3-2-4-12(10)17/h2-4,13H,5-9H2,1H3,(H,18,22)(H,20,21). The molecule has 2 atom stereocenters. The molecule has 118 valence electrons. The van der Waals surface area contributed by atoms with Gasteiger partial charge in [-0.3, -0.25) is 4.79 Å². The quantitative estimate of drug-likeness (QED) is 0.881. The largest absolute Gasteiger partial charge is 0.481 e. The summed E-state index contributed by atoms with van der Waals surface area (Å²) in [5.41, 5.74) is 0.620. The molecule has 1 aromatic rings. The zero-order chi connectivity index (χ0) is 15.9. The summed E-state index contributed by atoms with van der Waals surface area (Å²) in [6.07, 6.45) is 1.73. The molecule has 1 heterocycles. The fourth-order valence-electron chi connectivity index (χ4n) is 3.31. The van der Waals surface area contributed by atoms with Crippen molar-refractivity contribution in [2.24, 2.45) is 5.41 Å². The van der Waals surface area contributed by atoms with E-state index in [9.17, 15) is 19.1 Å². The highest BCUT2D eigenvalue weighted by molar-refractivity contribution is 5.79. The smallest absolute Gasteiger partial charge is 0.317 e. The number of carbonyl (C=O) groups excluding carboxylic acids is 1. The molecule has 1 fully saturated rings. The Hall–Kier alpha value is -2.11. The number of amides is 2. The number of nitrogens with one attached hydrogen (secondary N) is 1. The monoisotopic (exact) mass is 306 g/mol. The summed E-state index contributed by atoms with van der Waals surface area (Å²) in [5.74, 6) is -1.11. The van der Waals surface area contributed by atoms with Crippen LogP contribution in [-0.4, -0.2) is 35.1 Å². The van der Waals surface area contributed by atoms with Gasteiger partial charge in [0.2, 0.25) is 0 Å². The molecular weight excluding hydrogens is 287 g/mol. The molecule has 22 heavy (non-hydrogen) atoms. The Kier molecular flexibility index (Phi) is 3.54. The van der Waals surface area contributed by atoms with Gasteiger partial charge in [0.25, 0.3) is 0 Å². The predicted molar refractivity (Wildman–Crippen MR) is 77.9 cm³/mol. The van der Waals surface area contributed by atoms with Gasteiger partial charge in [-0.15, -0.1) is 0 Å². The SMILES string of the molecule is CC1(C(=O)O)CCN(C(=O)NC2CCc3c(F)cccc32)C1. The Morgan fingerprint density at radius 1 is 1.45 bits per heavy atom. The highest BCUT2D eigenvalue weighted by Gasteiger charge is 2.42. The second-order valence-electron chi connectivity index (χ2n) is 6.39. The summed E-state index contributed by atoms with van der Waals surface area (Å²) in [6, 6.07) is 4.45. The molecule has 1 saturated heterocycles. The van der Waals surface area contributed by atoms with Crippen LogP contribution in [0.2, 0.25) is 0 Å². The van der Waals surface area contributed by atoms with Gasteiger partial charge in [0.1, 0.15) is 5.82 Å². The number of carboxylic acid groups (broad SMARTS) is 1. The van der Waals surface area contributed by atoms with Crippen LogP contribution in [0, 0.1) is 11.2 Å². The number of likely N-dealkylation sites (tertiary alicyclic amines) is 1. The molecule has 2 amide bonds. The van der Waals surface area contributed by atoms with E-state index >= 15 is 0 Å². The molecule has 0 radical (unpaired) electrons. The lowest BCUT2D eigenvalue weighted by atomic mass is 9.90. The molecule has 1 aliphatic carbocycles. The van der Waals surface area contributed by atoms with Crippen LogP contribution in [-0.2, 0) is 11.2 Å². The van der Waals surface area contributed by atoms with Gasteiger partial charge in [-0.25, -0.2) is 9.18 Å². The normalized spacial score (nSPS) is 26.8. The van der Waals surface area contributed by atoms with E-state index in [4.69, 9.17) is 0 Å². The van der Waals surface area contributed by atoms with Crippen molar-refractivity contribution >= 4 is 12.0 Å². The Labute approximate surface area is 128 Å². The topological polar surface area (TPSA) is 69.6 Å². The molecule has 2 unspecified atom stereocenters. The lowest BCUT2D eigenvalue weighted by Crippen LogP contribution is -2.42. The maximum atomic E-state index is 13.7. The van der Waals surface area contributed by atoms with E-state index in [1.807, 2.05) is 6.07 Å². The first kappa shape index (κ1) is 14.8. The summed E-state index contributed by atoms with van der Waals surface area (Å²) in [6.45, 7) is 2.29. The van der Waals surface area contributed by atoms with Gasteiger partial charge in [0.15, 0.2) is 0 Å². The Bertz CT molecular complexity index is 634. The summed E-state index contributed by atoms with van der Waals surface area (Å²) < 4.78 is 13.7. The van der Waals surface area contributed by atoms with E-state index in [0.29, 0.717) is 31.4 Å². The highest BCUT2D eigenvalue weighted by atomic mass is 19.1. The van der Waals surface area contributed by atoms with Crippen molar-refractivity contribution in [3.05, 3.63) is 35.1 Å². The fourth-order valence-corrected chi connectivity index (χ4v) is 3.31. The fraction of sp³-hybridized carbons (Fsp3) is 0.500. The first-order valence-electron chi connectivity index (χ1n) is 7.47. The summed E-state index contributed by atoms with van der Waals surface area (Å²) in [5, 5.41) is 12.1. The van der Waals surface area contributed by atoms with Gasteiger partial charge in [-0.2, -0.15) is 0 Å². The maximum absolute atomic E-state index is 13.7. The van der Waals surface area contributed by atoms with E-state index < -0.39 is 11.4 Å². The Morgan fingerprint density at radius 2 is 2.23 bits per heavy atom. The molecule has 6 heteroatoms. The van der Waals surface area contributed by atoms with Gasteiger partial charge in [-0.1, -0.05) is 12.1 Å². The average Bonchev–Trinajstić information content (AvgIpc) is 3.05. The minimum atomic E-state index is -0.879. The molecule has 0 aromatic heterocycles. The predicted octanol–water partition coefficient (Wildman–Crippen LogP) is 2.32. The number of benzene rings is 1. The molecule has 1 aromatic carbocycles. The van der Waals surface area contributed by atoms with Crippen molar-refractivity contribution in [3.63, 3.8) is 0 Å². The molecule has 2 aliphatic rings. The molecule has 2 N–H and O–H groups in total. The first-order valence-corrected chi connectivity index (χ1v) is 7.47. The third-order valence-corrected chi connectivity index (χ3v) is 4.79. The van der Waals surface area contributed by atoms with Gasteiger partial charge < -0.3 is 15.3 Å². The van der Waals surface area contributed by atoms with Crippen LogP contribution >= 0.6 is 0 Å². The number of rotatable bonds is 2. The van der Waals surface area contributed by atoms with Crippen LogP contribution in [0.1, 0.15) is 36.9 Å². The lowest BCUT2D eigenvalue weighted by molar-refractivity contribution is -0.147. The second-order valence-corrected chi connectivity index (χ2v) is 6.39. The summed E-state index contributed by atoms with van der Waals surface area (Å²) >= 11 is 0. The van der Waals surface area contributed by atoms with Crippen LogP contribution < -0.4 is 5.32 Å². The van der Waals surface area contributed by atoms with Crippen LogP contribution in [0.25, 0.3) is 0 Å². The van der Waals surface area contributed by atoms with Crippen molar-refractivity contribution in [1.29, 1.82) is 0 Å². The van der Waals surface area contributed by atoms with E-state index in [1.165, 1.54) is 11.0 Å². The van der Waals surface area contributed by atoms with E-state index in [1.54, 1.807) is 13.0 Å². The molecule has 0 saturated carbocycles. The highest BCUT2D eigenvalue weighted by Crippen LogP contribution is 2.34. The van der Waals surface area contributed by atoms with Gasteiger partial charge in [-0.05, 0) is 43.4 Å². The number of fused-ring (bicyclic) bond motifs is 1. The van der Waals surface area contributed by atoms with E-state index in [-0.39, 0.29) is 24.4 Å². The van der Waals surface area contributed by atoms with Gasteiger partial charge in [0.05, 0.1) is 11.5 Å². The van der Waals surface area contributed by atoms with Crippen LogP contribution in [0.5, 0.6) is 0 Å². The summed E-state index contributed by atoms with van der Waals surface area (Å²) in [4.78, 5) is 25.1. The lowest BCUT2D eigenvalue weighted by Gasteiger charge is -2.23. The van der Waals surface area contributed by atoms with Crippen LogP contribution in [0.4, 0.5) is 9.18 Å². The Morgan fingerprint density at radius 3 is 2.91 bits per heavy atom. The number of carbonyl (C=O) groups is 2. The molecule has 1 aliphatic heterocycles. The number of aliphatic carboxylic acids is 1. The Balaban J connectivity index is 1.68. The minimum absolute atomic E-state index is 0.199. The van der Waals surface area contributed by atoms with Crippen molar-refractivity contribution in [3.8, 4) is 0 Å². The zero-order valence-electron chi connectivity index (χ0n) is 12.4. The number of nitrogens with zero attached hydrogens (tertiary/aromatic N) is 1. The number of halogens is 1. The van der Waals surface area contributed by atoms with Crippen molar-refractivity contribution in [2.75, 3.05) is 13.1 Å². The van der Waals surface area contributed by atoms with E-state index in [0.717, 1.165) is 5.56 Å². The number of carboxylic acids is 1. The second kappa shape index (κ2) is 5.26. The van der Waals surface area contributed by atoms with E-state index in [2.05, 4.69) is 5.32 Å². The molecular formula is C16H19FN2O3. The molecule has 5 nitrogen and oxygen atoms in total. The van der Waals surface area contributed by atoms with Gasteiger partial charge in [0, 0.05) is 13.1 Å². The van der Waals surface area contributed by atoms with Crippen molar-refractivity contribution < 1.29 is 19.1 Å². The van der Waals surface area contributed by atoms with Crippen molar-refractivity contribution in [2.45, 2.75) is 32.2 Å². The minimum Gasteiger partial charge on any atom is -0.481 e. The number of hydrogen-bond acceptors (Lipinski definition) is 2. The molecule has 0 spiro atoms. The third kappa shape index (κ3) is 2.42. The molecule has 3 rings (SSSR count). The van der Waals surface area contributed by atoms with Crippen molar-refractivity contribution in [1.82, 2.24) is 10.2 Å². The maximum Gasteiger partial charge on any atom is 0.317 e. The molecule has 0 bridgehead atoms. The zero-order valence-corrected chi connectivity index (χ0v) is 12.4. The number of urea groups is 1. The third-order valence-electron chi connectivity index (χ3n) is 4.79. The van der Waals surface area contributed by atoms with Crippen LogP contribution in [0.3, 0.4) is 0 Å². The van der Waals surface area contributed by atoms with Crippen LogP contribution in [0.15, 0.2) is 18.2 Å².